The Morgan fingerprint density at radius 1 is 0.103 bits per heavy atom. The highest BCUT2D eigenvalue weighted by Gasteiger charge is 2.23. The molecule has 636 valence electrons. The zero-order valence-corrected chi connectivity index (χ0v) is 73.8. The van der Waals surface area contributed by atoms with Gasteiger partial charge in [0, 0.05) is 99.2 Å². The first kappa shape index (κ1) is 79.8. The molecule has 0 saturated carbocycles. The van der Waals surface area contributed by atoms with E-state index < -0.39 is 0 Å². The van der Waals surface area contributed by atoms with Crippen molar-refractivity contribution in [2.75, 3.05) is 0 Å². The molecule has 6 aromatic heterocycles. The summed E-state index contributed by atoms with van der Waals surface area (Å²) in [6, 6.07) is 177. The van der Waals surface area contributed by atoms with Gasteiger partial charge in [0.15, 0.2) is 34.9 Å². The van der Waals surface area contributed by atoms with Gasteiger partial charge < -0.3 is 18.3 Å². The Morgan fingerprint density at radius 3 is 0.588 bits per heavy atom. The fourth-order valence-corrected chi connectivity index (χ4v) is 19.8. The van der Waals surface area contributed by atoms with Crippen molar-refractivity contribution in [3.63, 3.8) is 0 Å². The summed E-state index contributed by atoms with van der Waals surface area (Å²) in [6.45, 7) is 0. The Labute approximate surface area is 785 Å². The molecular weight excluding hydrogens is 1650 g/mol. The van der Waals surface area contributed by atoms with Crippen LogP contribution in [0.2, 0.25) is 0 Å². The Kier molecular flexibility index (Phi) is 20.0. The highest BCUT2D eigenvalue weighted by molar-refractivity contribution is 6.14. The van der Waals surface area contributed by atoms with Crippen molar-refractivity contribution >= 4 is 87.2 Å². The maximum absolute atomic E-state index is 5.01. The minimum absolute atomic E-state index is 0.636. The maximum atomic E-state index is 5.01. The summed E-state index contributed by atoms with van der Waals surface area (Å²) in [6.07, 6.45) is 0. The predicted octanol–water partition coefficient (Wildman–Crippen LogP) is 32.1. The molecule has 26 aromatic rings. The molecule has 6 heterocycles. The van der Waals surface area contributed by atoms with Crippen LogP contribution in [0.5, 0.6) is 0 Å². The molecule has 20 aromatic carbocycles. The average molecular weight is 1740 g/mol. The molecule has 0 amide bonds. The summed E-state index contributed by atoms with van der Waals surface area (Å²) in [5, 5.41) is 9.76. The molecule has 0 aliphatic heterocycles. The van der Waals surface area contributed by atoms with Gasteiger partial charge in [-0.15, -0.1) is 0 Å². The fraction of sp³-hybridized carbons (Fsp3) is 0. The van der Waals surface area contributed by atoms with E-state index in [0.29, 0.717) is 34.9 Å². The summed E-state index contributed by atoms with van der Waals surface area (Å²) >= 11 is 0. The minimum Gasteiger partial charge on any atom is -0.309 e. The smallest absolute Gasteiger partial charge is 0.164 e. The second-order valence-electron chi connectivity index (χ2n) is 34.5. The van der Waals surface area contributed by atoms with Gasteiger partial charge in [0.1, 0.15) is 0 Å². The zero-order chi connectivity index (χ0) is 89.9. The Hall–Kier alpha value is -18.4. The largest absolute Gasteiger partial charge is 0.309 e. The molecule has 26 rings (SSSR count). The fourth-order valence-electron chi connectivity index (χ4n) is 19.8. The summed E-state index contributed by atoms with van der Waals surface area (Å²) in [5.74, 6) is 3.86. The summed E-state index contributed by atoms with van der Waals surface area (Å²) < 4.78 is 9.55. The van der Waals surface area contributed by atoms with Crippen LogP contribution in [0, 0.1) is 0 Å². The summed E-state index contributed by atoms with van der Waals surface area (Å²) in [7, 11) is 0. The van der Waals surface area contributed by atoms with Gasteiger partial charge in [0.2, 0.25) is 0 Å². The Bertz CT molecular complexity index is 8930. The molecule has 0 radical (unpaired) electrons. The van der Waals surface area contributed by atoms with E-state index in [1.54, 1.807) is 0 Å². The van der Waals surface area contributed by atoms with Crippen LogP contribution in [0.15, 0.2) is 497 Å². The van der Waals surface area contributed by atoms with Gasteiger partial charge in [-0.3, -0.25) is 0 Å². The van der Waals surface area contributed by atoms with Gasteiger partial charge in [-0.2, -0.15) is 0 Å². The molecule has 10 heteroatoms. The van der Waals surface area contributed by atoms with Gasteiger partial charge in [-0.1, -0.05) is 364 Å². The molecule has 0 bridgehead atoms. The lowest BCUT2D eigenvalue weighted by molar-refractivity contribution is 1.07. The van der Waals surface area contributed by atoms with Gasteiger partial charge >= 0.3 is 0 Å². The van der Waals surface area contributed by atoms with Crippen molar-refractivity contribution in [2.45, 2.75) is 0 Å². The van der Waals surface area contributed by atoms with Crippen LogP contribution in [-0.2, 0) is 0 Å². The third kappa shape index (κ3) is 14.7. The van der Waals surface area contributed by atoms with Gasteiger partial charge in [0.05, 0.1) is 44.1 Å². The van der Waals surface area contributed by atoms with E-state index in [1.807, 2.05) is 121 Å². The zero-order valence-electron chi connectivity index (χ0n) is 73.8. The normalized spacial score (nSPS) is 11.5. The first-order valence-corrected chi connectivity index (χ1v) is 46.0. The molecule has 0 fully saturated rings. The van der Waals surface area contributed by atoms with Gasteiger partial charge in [-0.25, -0.2) is 29.9 Å². The van der Waals surface area contributed by atoms with E-state index in [4.69, 9.17) is 29.9 Å². The third-order valence-electron chi connectivity index (χ3n) is 26.4. The molecular formula is C126H82N10. The number of hydrogen-bond donors (Lipinski definition) is 0. The SMILES string of the molecule is c1ccc(-c2ccc(-n3c4ccccc4c4cc(-c5ccc(-n6c7ccccc7c7cc(-c8cccc(-c9nc(-c%10ccccc%10)nc(-c%10ccccc%10)n9)c8)ccc76)cc5)ccc43)cc2)cc1.c1ccc(-c2cccc(-n3c4ccccc4c4cc(-c5ccc(-n6c7ccccc7c7cc(-c8cccc(-c9nc(-c%10ccccc%10)nc(-c%10ccccc%10)n9)c8)ccc76)cc5)ccc43)c2)cc1. The van der Waals surface area contributed by atoms with Crippen LogP contribution in [-0.4, -0.2) is 48.2 Å². The van der Waals surface area contributed by atoms with Crippen LogP contribution in [0.3, 0.4) is 0 Å². The number of rotatable bonds is 16. The van der Waals surface area contributed by atoms with E-state index in [1.165, 1.54) is 121 Å². The molecule has 0 unspecified atom stereocenters. The van der Waals surface area contributed by atoms with E-state index in [0.717, 1.165) is 89.4 Å². The Balaban J connectivity index is 0.000000145. The topological polar surface area (TPSA) is 97.1 Å². The highest BCUT2D eigenvalue weighted by Crippen LogP contribution is 2.44. The monoisotopic (exact) mass is 1730 g/mol. The van der Waals surface area contributed by atoms with Crippen molar-refractivity contribution < 1.29 is 0 Å². The first-order chi connectivity index (χ1) is 67.4. The second kappa shape index (κ2) is 34.2. The third-order valence-corrected chi connectivity index (χ3v) is 26.4. The lowest BCUT2D eigenvalue weighted by Crippen LogP contribution is -2.00. The molecule has 0 N–H and O–H groups in total. The van der Waals surface area contributed by atoms with E-state index in [-0.39, 0.29) is 0 Å². The van der Waals surface area contributed by atoms with Crippen molar-refractivity contribution in [2.24, 2.45) is 0 Å². The number of hydrogen-bond acceptors (Lipinski definition) is 6. The second-order valence-corrected chi connectivity index (χ2v) is 34.5. The maximum Gasteiger partial charge on any atom is 0.164 e. The summed E-state index contributed by atoms with van der Waals surface area (Å²) in [5.41, 5.74) is 33.6. The van der Waals surface area contributed by atoms with Crippen molar-refractivity contribution in [3.8, 4) is 158 Å². The van der Waals surface area contributed by atoms with Crippen LogP contribution in [0.4, 0.5) is 0 Å². The van der Waals surface area contributed by atoms with Gasteiger partial charge in [-0.05, 0) is 200 Å². The number of fused-ring (bicyclic) bond motifs is 12. The van der Waals surface area contributed by atoms with Crippen LogP contribution < -0.4 is 0 Å². The predicted molar refractivity (Wildman–Crippen MR) is 562 cm³/mol. The van der Waals surface area contributed by atoms with Crippen molar-refractivity contribution in [3.05, 3.63) is 497 Å². The molecule has 0 aliphatic rings. The minimum atomic E-state index is 0.636. The molecule has 0 aliphatic carbocycles. The molecule has 10 nitrogen and oxygen atoms in total. The van der Waals surface area contributed by atoms with E-state index in [9.17, 15) is 0 Å². The van der Waals surface area contributed by atoms with Crippen molar-refractivity contribution in [1.82, 2.24) is 48.2 Å². The molecule has 0 spiro atoms. The molecule has 0 saturated heterocycles. The molecule has 0 atom stereocenters. The lowest BCUT2D eigenvalue weighted by atomic mass is 10.0. The Morgan fingerprint density at radius 2 is 0.287 bits per heavy atom. The van der Waals surface area contributed by atoms with E-state index in [2.05, 4.69) is 394 Å². The quantitative estimate of drug-likeness (QED) is 0.0956. The highest BCUT2D eigenvalue weighted by atomic mass is 15.1. The lowest BCUT2D eigenvalue weighted by Gasteiger charge is -2.11. The van der Waals surface area contributed by atoms with Crippen LogP contribution in [0.1, 0.15) is 0 Å². The number of para-hydroxylation sites is 4. The number of aromatic nitrogens is 10. The molecule has 136 heavy (non-hydrogen) atoms. The van der Waals surface area contributed by atoms with Crippen LogP contribution in [0.25, 0.3) is 245 Å². The van der Waals surface area contributed by atoms with E-state index >= 15 is 0 Å². The average Bonchev–Trinajstić information content (AvgIpc) is 1.60. The number of nitrogens with zero attached hydrogens (tertiary/aromatic N) is 10. The standard InChI is InChI=1S/2C63H41N5/c1-4-16-42(17-5-1)47-23-15-25-52(39-47)68-58-29-13-11-27-54(58)55-40-48(32-36-60(55)68)43-30-34-51(35-31-43)67-57-28-12-10-26-53(57)56-41-49(33-37-59(56)67)46-22-14-24-50(38-46)63-65-61(44-18-6-2-7-19-44)64-62(66-63)45-20-8-3-9-21-45;1-4-15-42(16-5-1)43-27-33-51(34-28-43)67-57-25-12-10-23-53(57)55-40-48(31-37-59(55)67)44-29-35-52(36-30-44)68-58-26-13-11-24-54(58)56-41-49(32-38-60(56)68)47-21-14-22-50(39-47)63-65-61(45-17-6-2-7-18-45)64-62(66-63)46-19-8-3-9-20-46/h2*1-41H. The number of benzene rings is 20. The van der Waals surface area contributed by atoms with Crippen LogP contribution >= 0.6 is 0 Å². The first-order valence-electron chi connectivity index (χ1n) is 46.0. The van der Waals surface area contributed by atoms with Gasteiger partial charge in [0.25, 0.3) is 0 Å². The summed E-state index contributed by atoms with van der Waals surface area (Å²) in [4.78, 5) is 29.8. The van der Waals surface area contributed by atoms with Crippen molar-refractivity contribution in [1.29, 1.82) is 0 Å².